The Kier molecular flexibility index (Phi) is 8.54. The lowest BCUT2D eigenvalue weighted by Crippen LogP contribution is -2.95. The summed E-state index contributed by atoms with van der Waals surface area (Å²) in [6, 6.07) is 29.4. The quantitative estimate of drug-likeness (QED) is 0.183. The van der Waals surface area contributed by atoms with Crippen LogP contribution in [0.1, 0.15) is 71.8 Å². The van der Waals surface area contributed by atoms with Crippen LogP contribution < -0.4 is 61.6 Å². The van der Waals surface area contributed by atoms with Crippen molar-refractivity contribution in [2.45, 2.75) is 77.5 Å². The Morgan fingerprint density at radius 3 is 1.95 bits per heavy atom. The lowest BCUT2D eigenvalue weighted by atomic mass is 9.79. The van der Waals surface area contributed by atoms with E-state index in [1.165, 1.54) is 6.08 Å². The number of nitrogens with one attached hydrogen (secondary N) is 4. The molecule has 314 valence electrons. The Bertz CT molecular complexity index is 3470. The van der Waals surface area contributed by atoms with E-state index in [4.69, 9.17) is 4.74 Å². The van der Waals surface area contributed by atoms with Crippen LogP contribution in [0.3, 0.4) is 0 Å². The highest BCUT2D eigenvalue weighted by Gasteiger charge is 2.40. The third kappa shape index (κ3) is 5.76. The molecule has 0 spiro atoms. The second-order valence-electron chi connectivity index (χ2n) is 18.0. The first-order chi connectivity index (χ1) is 30.4. The molecular weight excluding hydrogens is 787 g/mol. The maximum absolute atomic E-state index is 14.6. The molecule has 0 bridgehead atoms. The average Bonchev–Trinajstić information content (AvgIpc) is 3.58. The van der Waals surface area contributed by atoms with E-state index in [0.29, 0.717) is 50.5 Å². The lowest BCUT2D eigenvalue weighted by molar-refractivity contribution is -0.580. The fourth-order valence-electron chi connectivity index (χ4n) is 10.2. The highest BCUT2D eigenvalue weighted by atomic mass is 16.5. The van der Waals surface area contributed by atoms with Crippen molar-refractivity contribution in [1.82, 2.24) is 0 Å². The molecule has 0 amide bonds. The number of carbonyl (C=O) groups excluding carboxylic acids is 2. The Morgan fingerprint density at radius 1 is 0.683 bits per heavy atom. The van der Waals surface area contributed by atoms with Gasteiger partial charge in [-0.2, -0.15) is 0 Å². The molecule has 63 heavy (non-hydrogen) atoms. The molecule has 2 aliphatic carbocycles. The highest BCUT2D eigenvalue weighted by Crippen LogP contribution is 2.43. The molecular formula is C53H47N5O5. The van der Waals surface area contributed by atoms with E-state index in [1.807, 2.05) is 104 Å². The summed E-state index contributed by atoms with van der Waals surface area (Å²) < 4.78 is 6.20. The molecule has 6 aromatic rings. The normalized spacial score (nSPS) is 23.3. The summed E-state index contributed by atoms with van der Waals surface area (Å²) in [5.41, 5.74) is 2.17. The van der Waals surface area contributed by atoms with E-state index in [9.17, 15) is 19.8 Å². The predicted molar refractivity (Wildman–Crippen MR) is 241 cm³/mol. The van der Waals surface area contributed by atoms with Crippen LogP contribution in [0.25, 0.3) is 49.0 Å². The van der Waals surface area contributed by atoms with Crippen molar-refractivity contribution in [2.75, 3.05) is 22.6 Å². The zero-order valence-corrected chi connectivity index (χ0v) is 36.0. The van der Waals surface area contributed by atoms with E-state index in [2.05, 4.69) is 47.5 Å². The van der Waals surface area contributed by atoms with Gasteiger partial charge in [0.25, 0.3) is 0 Å². The molecule has 3 heterocycles. The topological polar surface area (TPSA) is 145 Å². The largest absolute Gasteiger partial charge is 0.871 e. The summed E-state index contributed by atoms with van der Waals surface area (Å²) in [6.07, 6.45) is 6.94. The van der Waals surface area contributed by atoms with Crippen LogP contribution in [0.15, 0.2) is 120 Å². The van der Waals surface area contributed by atoms with Crippen LogP contribution in [-0.4, -0.2) is 29.9 Å². The second kappa shape index (κ2) is 13.9. The number of anilines is 3. The summed E-state index contributed by atoms with van der Waals surface area (Å²) in [6.45, 7) is 8.45. The van der Waals surface area contributed by atoms with Crippen LogP contribution in [-0.2, 0) is 9.59 Å². The van der Waals surface area contributed by atoms with Crippen molar-refractivity contribution >= 4 is 77.7 Å². The fraction of sp³-hybridized carbons (Fsp3) is 0.245. The van der Waals surface area contributed by atoms with Gasteiger partial charge in [0.05, 0.1) is 38.3 Å². The van der Waals surface area contributed by atoms with Crippen molar-refractivity contribution in [3.05, 3.63) is 147 Å². The van der Waals surface area contributed by atoms with E-state index < -0.39 is 11.3 Å². The first kappa shape index (κ1) is 38.7. The Labute approximate surface area is 363 Å². The van der Waals surface area contributed by atoms with Crippen LogP contribution >= 0.6 is 0 Å². The molecule has 5 aliphatic rings. The summed E-state index contributed by atoms with van der Waals surface area (Å²) in [5, 5.41) is 44.3. The molecule has 6 aromatic carbocycles. The maximum atomic E-state index is 14.6. The number of hydrogen-bond donors (Lipinski definition) is 4. The predicted octanol–water partition coefficient (Wildman–Crippen LogP) is 2.43. The molecule has 10 nitrogen and oxygen atoms in total. The molecule has 3 aliphatic heterocycles. The van der Waals surface area contributed by atoms with Gasteiger partial charge in [-0.1, -0.05) is 98.9 Å². The zero-order chi connectivity index (χ0) is 43.5. The molecule has 0 fully saturated rings. The molecule has 2 unspecified atom stereocenters. The first-order valence-electron chi connectivity index (χ1n) is 22.0. The monoisotopic (exact) mass is 833 g/mol. The number of Topliss-reactive ketones (excluding diaryl/α,β-unsaturated/α-hetero) is 2. The van der Waals surface area contributed by atoms with Gasteiger partial charge >= 0.3 is 0 Å². The number of allylic oxidation sites excluding steroid dienone is 5. The van der Waals surface area contributed by atoms with Crippen molar-refractivity contribution in [3.8, 4) is 5.75 Å². The van der Waals surface area contributed by atoms with Crippen LogP contribution in [0.2, 0.25) is 0 Å². The Morgan fingerprint density at radius 2 is 1.29 bits per heavy atom. The van der Waals surface area contributed by atoms with Crippen molar-refractivity contribution in [3.63, 3.8) is 0 Å². The van der Waals surface area contributed by atoms with E-state index in [1.54, 1.807) is 0 Å². The standard InChI is InChI=1S/C53H47N5O5/c1-6-8-23-52(3)54-36-16-12-15-28-17-20-33(45(55-52)40(28)36)43-50(61)44(51(43)62)34-22-19-29-18-21-32(46-41(29)47(34)57-53(4,56-46)24-9-7-2)42-48(59)35(49(42)60)27-39-58(5)37-25-30-13-10-11-14-31(30)26-38(37)63-39/h10-22,25-27,54,57,59,61H,6-9,23-24H2,1-5H3/b39-27-,42-32-,43-33-. The van der Waals surface area contributed by atoms with Gasteiger partial charge in [0.2, 0.25) is 27.9 Å². The number of hydrogen-bond acceptors (Lipinski definition) is 8. The van der Waals surface area contributed by atoms with Gasteiger partial charge in [0.1, 0.15) is 0 Å². The molecule has 10 heteroatoms. The minimum atomic E-state index is -0.732. The number of benzene rings is 6. The number of rotatable bonds is 8. The molecule has 4 N–H and O–H groups in total. The Hall–Kier alpha value is -7.20. The smallest absolute Gasteiger partial charge is 0.231 e. The summed E-state index contributed by atoms with van der Waals surface area (Å²) in [4.78, 5) is 38.0. The number of fused-ring (bicyclic) bond motifs is 2. The maximum Gasteiger partial charge on any atom is 0.231 e. The Balaban J connectivity index is 1.07. The lowest BCUT2D eigenvalue weighted by Gasteiger charge is -2.34. The first-order valence-corrected chi connectivity index (χ1v) is 22.0. The van der Waals surface area contributed by atoms with Crippen molar-refractivity contribution < 1.29 is 34.5 Å². The SMILES string of the molecule is CCCCC1(C)Nc2cccc3cc/c(=C4/C(=O)C(c5ccc6cc/c(=C7/C(=O)C(/C=C8\Oc9cc%10ccccc%10cc9N8C)=C7[O-])c7c6c5NC(C)(CCCC)[NH+]=7)=C4[O-])c(c23)=[NH+]1. The molecule has 0 radical (unpaired) electrons. The molecule has 0 aromatic heterocycles. The van der Waals surface area contributed by atoms with Gasteiger partial charge in [0, 0.05) is 67.7 Å². The number of ether oxygens (including phenoxy) is 1. The van der Waals surface area contributed by atoms with Crippen molar-refractivity contribution in [2.24, 2.45) is 0 Å². The minimum Gasteiger partial charge on any atom is -0.871 e. The van der Waals surface area contributed by atoms with Gasteiger partial charge in [-0.3, -0.25) is 9.59 Å². The second-order valence-corrected chi connectivity index (χ2v) is 18.0. The fourth-order valence-corrected chi connectivity index (χ4v) is 10.2. The van der Waals surface area contributed by atoms with E-state index in [0.717, 1.165) is 75.8 Å². The summed E-state index contributed by atoms with van der Waals surface area (Å²) in [7, 11) is 1.86. The van der Waals surface area contributed by atoms with Gasteiger partial charge in [-0.25, -0.2) is 9.98 Å². The molecule has 11 rings (SSSR count). The van der Waals surface area contributed by atoms with Crippen LogP contribution in [0.5, 0.6) is 5.75 Å². The van der Waals surface area contributed by atoms with Gasteiger partial charge in [-0.15, -0.1) is 0 Å². The number of carbonyl (C=O) groups is 2. The molecule has 2 atom stereocenters. The number of ketones is 2. The third-order valence-corrected chi connectivity index (χ3v) is 13.6. The molecule has 0 saturated carbocycles. The summed E-state index contributed by atoms with van der Waals surface area (Å²) in [5.74, 6) is -0.315. The highest BCUT2D eigenvalue weighted by molar-refractivity contribution is 6.52. The third-order valence-electron chi connectivity index (χ3n) is 13.6. The van der Waals surface area contributed by atoms with Crippen LogP contribution in [0.4, 0.5) is 17.1 Å². The van der Waals surface area contributed by atoms with Crippen LogP contribution in [0, 0.1) is 0 Å². The summed E-state index contributed by atoms with van der Waals surface area (Å²) >= 11 is 0. The number of nitrogens with zero attached hydrogens (tertiary/aromatic N) is 1. The van der Waals surface area contributed by atoms with Gasteiger partial charge < -0.3 is 30.5 Å². The zero-order valence-electron chi connectivity index (χ0n) is 36.0. The minimum absolute atomic E-state index is 0.0493. The van der Waals surface area contributed by atoms with E-state index in [-0.39, 0.29) is 45.4 Å². The van der Waals surface area contributed by atoms with Gasteiger partial charge in [0.15, 0.2) is 17.3 Å². The van der Waals surface area contributed by atoms with Gasteiger partial charge in [-0.05, 0) is 64.7 Å². The molecule has 0 saturated heterocycles. The number of unbranched alkanes of at least 4 members (excludes halogenated alkanes) is 2. The van der Waals surface area contributed by atoms with E-state index >= 15 is 0 Å². The average molecular weight is 834 g/mol. The van der Waals surface area contributed by atoms with Crippen molar-refractivity contribution in [1.29, 1.82) is 0 Å².